The first-order valence-electron chi connectivity index (χ1n) is 5.15. The van der Waals surface area contributed by atoms with Gasteiger partial charge in [-0.1, -0.05) is 19.1 Å². The molecule has 0 saturated carbocycles. The Hall–Kier alpha value is -2.10. The van der Waals surface area contributed by atoms with Crippen molar-refractivity contribution in [3.63, 3.8) is 0 Å². The molecule has 2 aromatic rings. The Morgan fingerprint density at radius 1 is 1.44 bits per heavy atom. The van der Waals surface area contributed by atoms with Crippen molar-refractivity contribution in [2.45, 2.75) is 13.3 Å². The van der Waals surface area contributed by atoms with Crippen LogP contribution in [0.15, 0.2) is 30.3 Å². The molecule has 1 heterocycles. The van der Waals surface area contributed by atoms with Gasteiger partial charge in [0, 0.05) is 16.8 Å². The second kappa shape index (κ2) is 4.18. The highest BCUT2D eigenvalue weighted by molar-refractivity contribution is 5.93. The third-order valence-corrected chi connectivity index (χ3v) is 2.45. The first-order valence-corrected chi connectivity index (χ1v) is 5.15. The van der Waals surface area contributed by atoms with Crippen LogP contribution in [0.1, 0.15) is 23.0 Å². The molecule has 1 aromatic carbocycles. The minimum absolute atomic E-state index is 0.423. The van der Waals surface area contributed by atoms with Gasteiger partial charge in [0.05, 0.1) is 5.69 Å². The first-order chi connectivity index (χ1) is 7.70. The lowest BCUT2D eigenvalue weighted by molar-refractivity contribution is 0.100. The molecule has 1 aromatic heterocycles. The number of nitrogens with zero attached hydrogens (tertiary/aromatic N) is 1. The van der Waals surface area contributed by atoms with Gasteiger partial charge in [-0.3, -0.25) is 9.89 Å². The molecular weight excluding hydrogens is 202 g/mol. The van der Waals surface area contributed by atoms with Gasteiger partial charge in [-0.25, -0.2) is 0 Å². The number of aromatic amines is 1. The van der Waals surface area contributed by atoms with E-state index >= 15 is 0 Å². The second-order valence-electron chi connectivity index (χ2n) is 3.58. The number of aromatic nitrogens is 2. The third-order valence-electron chi connectivity index (χ3n) is 2.45. The summed E-state index contributed by atoms with van der Waals surface area (Å²) in [6.07, 6.45) is 0.905. The Kier molecular flexibility index (Phi) is 2.72. The average molecular weight is 215 g/mol. The van der Waals surface area contributed by atoms with E-state index in [9.17, 15) is 4.79 Å². The molecule has 16 heavy (non-hydrogen) atoms. The van der Waals surface area contributed by atoms with E-state index in [4.69, 9.17) is 5.73 Å². The SMILES string of the molecule is CCc1cc(-c2cccc(C(N)=O)c2)n[nH]1. The number of nitrogens with two attached hydrogens (primary N) is 1. The predicted octanol–water partition coefficient (Wildman–Crippen LogP) is 1.74. The van der Waals surface area contributed by atoms with Crippen LogP contribution in [-0.4, -0.2) is 16.1 Å². The summed E-state index contributed by atoms with van der Waals surface area (Å²) in [4.78, 5) is 11.0. The Bertz CT molecular complexity index is 516. The van der Waals surface area contributed by atoms with Crippen LogP contribution in [0.5, 0.6) is 0 Å². The van der Waals surface area contributed by atoms with Gasteiger partial charge in [-0.2, -0.15) is 5.10 Å². The standard InChI is InChI=1S/C12H13N3O/c1-2-10-7-11(15-14-10)8-4-3-5-9(6-8)12(13)16/h3-7H,2H2,1H3,(H2,13,16)(H,14,15). The van der Waals surface area contributed by atoms with Gasteiger partial charge in [0.1, 0.15) is 0 Å². The fourth-order valence-corrected chi connectivity index (χ4v) is 1.52. The van der Waals surface area contributed by atoms with Crippen molar-refractivity contribution in [3.8, 4) is 11.3 Å². The first kappa shape index (κ1) is 10.4. The van der Waals surface area contributed by atoms with E-state index in [-0.39, 0.29) is 0 Å². The van der Waals surface area contributed by atoms with E-state index < -0.39 is 5.91 Å². The van der Waals surface area contributed by atoms with Crippen LogP contribution < -0.4 is 5.73 Å². The molecule has 4 nitrogen and oxygen atoms in total. The summed E-state index contributed by atoms with van der Waals surface area (Å²) < 4.78 is 0. The van der Waals surface area contributed by atoms with Crippen LogP contribution in [0.3, 0.4) is 0 Å². The van der Waals surface area contributed by atoms with E-state index in [1.165, 1.54) is 0 Å². The maximum atomic E-state index is 11.0. The zero-order valence-electron chi connectivity index (χ0n) is 9.03. The van der Waals surface area contributed by atoms with Crippen molar-refractivity contribution in [2.24, 2.45) is 5.73 Å². The molecule has 0 aliphatic carbocycles. The van der Waals surface area contributed by atoms with E-state index in [1.54, 1.807) is 18.2 Å². The molecule has 0 aliphatic rings. The maximum absolute atomic E-state index is 11.0. The summed E-state index contributed by atoms with van der Waals surface area (Å²) in [5.41, 5.74) is 8.52. The van der Waals surface area contributed by atoms with Gasteiger partial charge in [-0.05, 0) is 24.6 Å². The molecule has 2 rings (SSSR count). The smallest absolute Gasteiger partial charge is 0.248 e. The van der Waals surface area contributed by atoms with Crippen LogP contribution in [0.25, 0.3) is 11.3 Å². The zero-order chi connectivity index (χ0) is 11.5. The van der Waals surface area contributed by atoms with Crippen molar-refractivity contribution < 1.29 is 4.79 Å². The number of benzene rings is 1. The van der Waals surface area contributed by atoms with Gasteiger partial charge in [0.15, 0.2) is 0 Å². The molecule has 0 spiro atoms. The lowest BCUT2D eigenvalue weighted by Crippen LogP contribution is -2.10. The van der Waals surface area contributed by atoms with Gasteiger partial charge in [0.2, 0.25) is 5.91 Å². The zero-order valence-corrected chi connectivity index (χ0v) is 9.03. The molecule has 82 valence electrons. The fraction of sp³-hybridized carbons (Fsp3) is 0.167. The lowest BCUT2D eigenvalue weighted by atomic mass is 10.1. The largest absolute Gasteiger partial charge is 0.366 e. The van der Waals surface area contributed by atoms with E-state index in [1.807, 2.05) is 12.1 Å². The summed E-state index contributed by atoms with van der Waals surface area (Å²) in [5, 5.41) is 7.12. The van der Waals surface area contributed by atoms with Crippen molar-refractivity contribution in [1.29, 1.82) is 0 Å². The van der Waals surface area contributed by atoms with Gasteiger partial charge in [0.25, 0.3) is 0 Å². The Morgan fingerprint density at radius 2 is 2.25 bits per heavy atom. The van der Waals surface area contributed by atoms with Crippen molar-refractivity contribution in [1.82, 2.24) is 10.2 Å². The van der Waals surface area contributed by atoms with Gasteiger partial charge >= 0.3 is 0 Å². The predicted molar refractivity (Wildman–Crippen MR) is 61.9 cm³/mol. The van der Waals surface area contributed by atoms with E-state index in [0.29, 0.717) is 5.56 Å². The lowest BCUT2D eigenvalue weighted by Gasteiger charge is -1.98. The number of primary amides is 1. The molecule has 0 atom stereocenters. The molecule has 1 amide bonds. The molecule has 3 N–H and O–H groups in total. The number of rotatable bonds is 3. The number of aryl methyl sites for hydroxylation is 1. The number of amides is 1. The van der Waals surface area contributed by atoms with Crippen LogP contribution >= 0.6 is 0 Å². The molecule has 0 bridgehead atoms. The highest BCUT2D eigenvalue weighted by Gasteiger charge is 2.05. The molecule has 0 radical (unpaired) electrons. The molecule has 0 aliphatic heterocycles. The number of H-pyrrole nitrogens is 1. The van der Waals surface area contributed by atoms with Crippen LogP contribution in [-0.2, 0) is 6.42 Å². The second-order valence-corrected chi connectivity index (χ2v) is 3.58. The molecule has 0 unspecified atom stereocenters. The number of carbonyl (C=O) groups is 1. The molecule has 4 heteroatoms. The summed E-state index contributed by atoms with van der Waals surface area (Å²) in [6, 6.07) is 9.12. The summed E-state index contributed by atoms with van der Waals surface area (Å²) in [6.45, 7) is 2.05. The Balaban J connectivity index is 2.40. The van der Waals surface area contributed by atoms with Crippen LogP contribution in [0.4, 0.5) is 0 Å². The summed E-state index contributed by atoms with van der Waals surface area (Å²) in [5.74, 6) is -0.423. The maximum Gasteiger partial charge on any atom is 0.248 e. The monoisotopic (exact) mass is 215 g/mol. The average Bonchev–Trinajstić information content (AvgIpc) is 2.77. The Morgan fingerprint density at radius 3 is 2.88 bits per heavy atom. The van der Waals surface area contributed by atoms with Crippen LogP contribution in [0, 0.1) is 0 Å². The highest BCUT2D eigenvalue weighted by Crippen LogP contribution is 2.18. The number of carbonyl (C=O) groups excluding carboxylic acids is 1. The third kappa shape index (κ3) is 1.95. The number of hydrogen-bond acceptors (Lipinski definition) is 2. The summed E-state index contributed by atoms with van der Waals surface area (Å²) in [7, 11) is 0. The molecular formula is C12H13N3O. The number of nitrogens with one attached hydrogen (secondary N) is 1. The van der Waals surface area contributed by atoms with Crippen molar-refractivity contribution in [3.05, 3.63) is 41.6 Å². The van der Waals surface area contributed by atoms with Gasteiger partial charge < -0.3 is 5.73 Å². The fourth-order valence-electron chi connectivity index (χ4n) is 1.52. The van der Waals surface area contributed by atoms with Gasteiger partial charge in [-0.15, -0.1) is 0 Å². The molecule has 0 fully saturated rings. The number of hydrogen-bond donors (Lipinski definition) is 2. The normalized spacial score (nSPS) is 10.3. The molecule has 0 saturated heterocycles. The van der Waals surface area contributed by atoms with Crippen molar-refractivity contribution >= 4 is 5.91 Å². The van der Waals surface area contributed by atoms with E-state index in [2.05, 4.69) is 17.1 Å². The minimum Gasteiger partial charge on any atom is -0.366 e. The Labute approximate surface area is 93.5 Å². The van der Waals surface area contributed by atoms with E-state index in [0.717, 1.165) is 23.4 Å². The minimum atomic E-state index is -0.423. The summed E-state index contributed by atoms with van der Waals surface area (Å²) >= 11 is 0. The van der Waals surface area contributed by atoms with Crippen LogP contribution in [0.2, 0.25) is 0 Å². The quantitative estimate of drug-likeness (QED) is 0.818. The topological polar surface area (TPSA) is 71.8 Å². The van der Waals surface area contributed by atoms with Crippen molar-refractivity contribution in [2.75, 3.05) is 0 Å². The highest BCUT2D eigenvalue weighted by atomic mass is 16.1.